The fourth-order valence-corrected chi connectivity index (χ4v) is 6.60. The van der Waals surface area contributed by atoms with Crippen molar-refractivity contribution in [2.75, 3.05) is 37.5 Å². The van der Waals surface area contributed by atoms with Gasteiger partial charge in [-0.1, -0.05) is 12.8 Å². The van der Waals surface area contributed by atoms with Crippen LogP contribution in [0.2, 0.25) is 0 Å². The minimum absolute atomic E-state index is 0.0536. The summed E-state index contributed by atoms with van der Waals surface area (Å²) in [5.74, 6) is -1.67. The van der Waals surface area contributed by atoms with Crippen molar-refractivity contribution in [2.45, 2.75) is 70.0 Å². The van der Waals surface area contributed by atoms with Gasteiger partial charge in [0, 0.05) is 56.0 Å². The Kier molecular flexibility index (Phi) is 8.68. The highest BCUT2D eigenvalue weighted by Gasteiger charge is 2.40. The number of methoxy groups -OCH3 is 1. The van der Waals surface area contributed by atoms with E-state index in [-0.39, 0.29) is 52.0 Å². The molecule has 0 spiro atoms. The van der Waals surface area contributed by atoms with Crippen LogP contribution in [-0.2, 0) is 15.7 Å². The minimum atomic E-state index is -4.57. The van der Waals surface area contributed by atoms with Gasteiger partial charge in [-0.05, 0) is 44.7 Å². The van der Waals surface area contributed by atoms with Gasteiger partial charge >= 0.3 is 12.1 Å². The highest BCUT2D eigenvalue weighted by atomic mass is 19.4. The van der Waals surface area contributed by atoms with E-state index in [0.717, 1.165) is 31.7 Å². The number of halogens is 3. The molecule has 2 aliphatic carbocycles. The van der Waals surface area contributed by atoms with Gasteiger partial charge in [0.25, 0.3) is 5.91 Å². The molecule has 250 valence electrons. The number of imidazole rings is 2. The number of aromatic amines is 1. The molecule has 12 nitrogen and oxygen atoms in total. The molecule has 2 aliphatic rings. The Morgan fingerprint density at radius 1 is 1.21 bits per heavy atom. The summed E-state index contributed by atoms with van der Waals surface area (Å²) in [6, 6.07) is 2.42. The van der Waals surface area contributed by atoms with Crippen molar-refractivity contribution in [1.29, 1.82) is 0 Å². The van der Waals surface area contributed by atoms with Crippen LogP contribution < -0.4 is 10.2 Å². The van der Waals surface area contributed by atoms with Gasteiger partial charge < -0.3 is 24.3 Å². The molecule has 0 radical (unpaired) electrons. The van der Waals surface area contributed by atoms with Crippen LogP contribution in [0.3, 0.4) is 0 Å². The van der Waals surface area contributed by atoms with Gasteiger partial charge in [-0.25, -0.2) is 9.97 Å². The highest BCUT2D eigenvalue weighted by molar-refractivity contribution is 6.03. The lowest BCUT2D eigenvalue weighted by Crippen LogP contribution is -2.37. The summed E-state index contributed by atoms with van der Waals surface area (Å²) >= 11 is 0. The molecule has 6 rings (SSSR count). The van der Waals surface area contributed by atoms with Gasteiger partial charge in [-0.2, -0.15) is 18.2 Å². The first-order valence-corrected chi connectivity index (χ1v) is 15.6. The number of ether oxygens (including phenoxy) is 1. The van der Waals surface area contributed by atoms with Crippen LogP contribution in [0.5, 0.6) is 0 Å². The Morgan fingerprint density at radius 3 is 2.62 bits per heavy atom. The molecule has 1 amide bonds. The normalized spacial score (nSPS) is 16.8. The van der Waals surface area contributed by atoms with Gasteiger partial charge in [-0.15, -0.1) is 0 Å². The number of carboxylic acid groups (broad SMARTS) is 1. The molecule has 0 saturated heterocycles. The number of carbonyl (C=O) groups excluding carboxylic acids is 1. The zero-order chi connectivity index (χ0) is 33.5. The molecule has 1 atom stereocenters. The van der Waals surface area contributed by atoms with E-state index < -0.39 is 29.7 Å². The second-order valence-electron chi connectivity index (χ2n) is 12.8. The van der Waals surface area contributed by atoms with Crippen LogP contribution in [0, 0.1) is 5.41 Å². The Morgan fingerprint density at radius 2 is 1.96 bits per heavy atom. The predicted molar refractivity (Wildman–Crippen MR) is 167 cm³/mol. The summed E-state index contributed by atoms with van der Waals surface area (Å²) in [6.07, 6.45) is 5.06. The molecule has 2 fully saturated rings. The first-order chi connectivity index (χ1) is 22.4. The van der Waals surface area contributed by atoms with Gasteiger partial charge in [0.15, 0.2) is 5.65 Å². The molecular weight excluding hydrogens is 617 g/mol. The number of amides is 1. The molecule has 0 bridgehead atoms. The largest absolute Gasteiger partial charge is 0.481 e. The number of carbonyl (C=O) groups is 2. The summed E-state index contributed by atoms with van der Waals surface area (Å²) < 4.78 is 49.5. The van der Waals surface area contributed by atoms with E-state index in [1.165, 1.54) is 18.7 Å². The molecule has 4 heterocycles. The number of anilines is 2. The van der Waals surface area contributed by atoms with Crippen molar-refractivity contribution in [3.8, 4) is 11.3 Å². The summed E-state index contributed by atoms with van der Waals surface area (Å²) in [5.41, 5.74) is 1.08. The van der Waals surface area contributed by atoms with Gasteiger partial charge in [0.1, 0.15) is 11.2 Å². The number of nitrogens with one attached hydrogen (secondary N) is 2. The van der Waals surface area contributed by atoms with E-state index in [4.69, 9.17) is 9.84 Å². The van der Waals surface area contributed by atoms with Crippen molar-refractivity contribution in [2.24, 2.45) is 5.41 Å². The number of aromatic nitrogens is 6. The molecule has 4 aromatic heterocycles. The number of alkyl halides is 3. The quantitative estimate of drug-likeness (QED) is 0.166. The van der Waals surface area contributed by atoms with Crippen molar-refractivity contribution in [3.63, 3.8) is 0 Å². The Balaban J connectivity index is 1.37. The van der Waals surface area contributed by atoms with Crippen LogP contribution in [-0.4, -0.2) is 73.8 Å². The summed E-state index contributed by atoms with van der Waals surface area (Å²) in [5, 5.41) is 11.8. The number of carboxylic acids is 1. The maximum atomic E-state index is 14.1. The van der Waals surface area contributed by atoms with E-state index in [1.807, 2.05) is 11.9 Å². The monoisotopic (exact) mass is 654 g/mol. The van der Waals surface area contributed by atoms with Gasteiger partial charge in [0.2, 0.25) is 5.95 Å². The summed E-state index contributed by atoms with van der Waals surface area (Å²) in [6.45, 7) is 2.90. The first kappa shape index (κ1) is 32.4. The van der Waals surface area contributed by atoms with E-state index in [0.29, 0.717) is 37.2 Å². The average molecular weight is 655 g/mol. The SMILES string of the molecule is COCC1(CN(C)c2cc(-c3cnc(C4CC4)c(C(F)(F)F)c3)nc3nc(NC(=O)c4cn(C(C)CC(=O)O)cn4)[nH]c23)CCCC1. The van der Waals surface area contributed by atoms with Crippen LogP contribution in [0.4, 0.5) is 24.8 Å². The summed E-state index contributed by atoms with van der Waals surface area (Å²) in [7, 11) is 3.59. The fraction of sp³-hybridized carbons (Fsp3) is 0.500. The number of aliphatic carboxylic acids is 1. The number of rotatable bonds is 12. The number of pyridine rings is 2. The van der Waals surface area contributed by atoms with Crippen molar-refractivity contribution in [3.05, 3.63) is 47.8 Å². The Labute approximate surface area is 268 Å². The molecule has 0 aromatic carbocycles. The topological polar surface area (TPSA) is 151 Å². The molecular formula is C32H37F3N8O4. The molecule has 0 aliphatic heterocycles. The molecule has 4 aromatic rings. The van der Waals surface area contributed by atoms with E-state index in [2.05, 4.69) is 30.2 Å². The van der Waals surface area contributed by atoms with Crippen molar-refractivity contribution >= 4 is 34.7 Å². The molecule has 3 N–H and O–H groups in total. The smallest absolute Gasteiger partial charge is 0.418 e. The van der Waals surface area contributed by atoms with Crippen molar-refractivity contribution < 1.29 is 32.6 Å². The Bertz CT molecular complexity index is 1790. The average Bonchev–Trinajstić information content (AvgIpc) is 3.35. The third-order valence-corrected chi connectivity index (χ3v) is 9.07. The number of nitrogens with zero attached hydrogens (tertiary/aromatic N) is 6. The van der Waals surface area contributed by atoms with Gasteiger partial charge in [-0.3, -0.25) is 19.9 Å². The summed E-state index contributed by atoms with van der Waals surface area (Å²) in [4.78, 5) is 46.8. The lowest BCUT2D eigenvalue weighted by Gasteiger charge is -2.34. The third-order valence-electron chi connectivity index (χ3n) is 9.07. The van der Waals surface area contributed by atoms with Crippen molar-refractivity contribution in [1.82, 2.24) is 29.5 Å². The van der Waals surface area contributed by atoms with E-state index in [9.17, 15) is 22.8 Å². The van der Waals surface area contributed by atoms with Crippen LogP contribution >= 0.6 is 0 Å². The maximum absolute atomic E-state index is 14.1. The van der Waals surface area contributed by atoms with E-state index >= 15 is 0 Å². The van der Waals surface area contributed by atoms with Crippen LogP contribution in [0.1, 0.15) is 85.6 Å². The fourth-order valence-electron chi connectivity index (χ4n) is 6.60. The lowest BCUT2D eigenvalue weighted by atomic mass is 9.86. The predicted octanol–water partition coefficient (Wildman–Crippen LogP) is 6.04. The zero-order valence-electron chi connectivity index (χ0n) is 26.4. The van der Waals surface area contributed by atoms with E-state index in [1.54, 1.807) is 24.7 Å². The first-order valence-electron chi connectivity index (χ1n) is 15.6. The molecule has 2 saturated carbocycles. The molecule has 47 heavy (non-hydrogen) atoms. The highest BCUT2D eigenvalue weighted by Crippen LogP contribution is 2.46. The minimum Gasteiger partial charge on any atom is -0.481 e. The molecule has 15 heteroatoms. The third kappa shape index (κ3) is 6.94. The zero-order valence-corrected chi connectivity index (χ0v) is 26.4. The Hall–Kier alpha value is -4.53. The standard InChI is InChI=1S/C32H37F3N8O4/c1-18(10-25(44)45)43-14-23(37-17-43)29(46)41-30-39-27-24(42(2)15-31(16-47-3)8-4-5-9-31)12-22(38-28(27)40-30)20-11-21(32(33,34)35)26(36-13-20)19-6-7-19/h11-14,17-19H,4-10,15-16H2,1-3H3,(H,44,45)(H2,38,39,40,41,46). The maximum Gasteiger partial charge on any atom is 0.418 e. The second kappa shape index (κ2) is 12.6. The van der Waals surface area contributed by atoms with Gasteiger partial charge in [0.05, 0.1) is 42.0 Å². The van der Waals surface area contributed by atoms with Crippen LogP contribution in [0.15, 0.2) is 30.9 Å². The van der Waals surface area contributed by atoms with Crippen LogP contribution in [0.25, 0.3) is 22.4 Å². The molecule has 1 unspecified atom stereocenters. The lowest BCUT2D eigenvalue weighted by molar-refractivity contribution is -0.139. The number of hydrogen-bond donors (Lipinski definition) is 3. The number of H-pyrrole nitrogens is 1. The second-order valence-corrected chi connectivity index (χ2v) is 12.8. The number of hydrogen-bond acceptors (Lipinski definition) is 8. The number of fused-ring (bicyclic) bond motifs is 1.